The number of phenols is 4. The third kappa shape index (κ3) is 13.3. The van der Waals surface area contributed by atoms with Gasteiger partial charge in [0.05, 0.1) is 0 Å². The zero-order valence-corrected chi connectivity index (χ0v) is 27.5. The fraction of sp³-hybridized carbons (Fsp3) is 0.200. The van der Waals surface area contributed by atoms with Gasteiger partial charge in [0.1, 0.15) is 23.3 Å². The second kappa shape index (κ2) is 20.7. The molecule has 0 aromatic heterocycles. The van der Waals surface area contributed by atoms with Crippen LogP contribution in [-0.4, -0.2) is 45.3 Å². The number of aromatic hydroxyl groups is 4. The van der Waals surface area contributed by atoms with Gasteiger partial charge in [-0.2, -0.15) is 10.5 Å². The molecule has 4 aromatic carbocycles. The maximum Gasteiger partial charge on any atom is 0.261 e. The van der Waals surface area contributed by atoms with Gasteiger partial charge < -0.3 is 31.1 Å². The van der Waals surface area contributed by atoms with Gasteiger partial charge in [0.2, 0.25) is 0 Å². The number of unbranched alkanes of at least 4 members (excludes halogenated alkanes) is 2. The van der Waals surface area contributed by atoms with E-state index in [-0.39, 0.29) is 34.1 Å². The summed E-state index contributed by atoms with van der Waals surface area (Å²) < 4.78 is 0. The van der Waals surface area contributed by atoms with Crippen LogP contribution in [0.5, 0.6) is 23.0 Å². The number of hydrogen-bond acceptors (Lipinski definition) is 8. The lowest BCUT2D eigenvalue weighted by Crippen LogP contribution is -2.25. The minimum Gasteiger partial charge on any atom is -0.504 e. The molecule has 0 radical (unpaired) electrons. The van der Waals surface area contributed by atoms with E-state index in [1.807, 2.05) is 48.5 Å². The Bertz CT molecular complexity index is 1720. The van der Waals surface area contributed by atoms with Gasteiger partial charge >= 0.3 is 0 Å². The molecule has 0 aliphatic carbocycles. The van der Waals surface area contributed by atoms with E-state index >= 15 is 0 Å². The molecule has 0 unspecified atom stereocenters. The Labute approximate surface area is 291 Å². The number of nitriles is 2. The number of amides is 2. The summed E-state index contributed by atoms with van der Waals surface area (Å²) in [5.74, 6) is -2.00. The van der Waals surface area contributed by atoms with Crippen LogP contribution in [0.2, 0.25) is 0 Å². The molecule has 6 N–H and O–H groups in total. The molecular formula is C40H40N4O6. The standard InChI is InChI=1S/2C20H20N2O3/c2*21-14-17(12-16-9-10-18(23)19(24)13-16)20(25)22-11-5-4-8-15-6-2-1-3-7-15/h2*1-3,6-7,9-10,12-13,23-24H,4-5,8,11H2,(H,22,25)/b2*17-12+. The summed E-state index contributed by atoms with van der Waals surface area (Å²) in [6, 6.07) is 32.2. The number of nitrogens with one attached hydrogen (secondary N) is 2. The zero-order valence-electron chi connectivity index (χ0n) is 27.5. The first-order valence-corrected chi connectivity index (χ1v) is 16.1. The first-order valence-electron chi connectivity index (χ1n) is 16.1. The lowest BCUT2D eigenvalue weighted by molar-refractivity contribution is -0.117. The summed E-state index contributed by atoms with van der Waals surface area (Å²) >= 11 is 0. The number of benzene rings is 4. The smallest absolute Gasteiger partial charge is 0.261 e. The van der Waals surface area contributed by atoms with E-state index < -0.39 is 11.8 Å². The first kappa shape index (κ1) is 37.9. The molecule has 0 aliphatic rings. The van der Waals surface area contributed by atoms with E-state index in [1.54, 1.807) is 0 Å². The van der Waals surface area contributed by atoms with Crippen molar-refractivity contribution in [1.29, 1.82) is 10.5 Å². The highest BCUT2D eigenvalue weighted by atomic mass is 16.3. The Kier molecular flexibility index (Phi) is 15.7. The van der Waals surface area contributed by atoms with Crippen molar-refractivity contribution in [2.45, 2.75) is 38.5 Å². The average molecular weight is 673 g/mol. The Morgan fingerprint density at radius 3 is 1.26 bits per heavy atom. The Hall–Kier alpha value is -6.52. The topological polar surface area (TPSA) is 187 Å². The maximum absolute atomic E-state index is 12.0. The zero-order chi connectivity index (χ0) is 36.1. The summed E-state index contributed by atoms with van der Waals surface area (Å²) in [5, 5.41) is 61.2. The van der Waals surface area contributed by atoms with Crippen LogP contribution in [0.25, 0.3) is 12.2 Å². The van der Waals surface area contributed by atoms with Crippen molar-refractivity contribution < 1.29 is 30.0 Å². The molecule has 2 amide bonds. The van der Waals surface area contributed by atoms with E-state index in [9.17, 15) is 30.0 Å². The van der Waals surface area contributed by atoms with Gasteiger partial charge in [0, 0.05) is 13.1 Å². The Balaban J connectivity index is 0.000000270. The van der Waals surface area contributed by atoms with Crippen molar-refractivity contribution in [3.8, 4) is 35.1 Å². The molecule has 0 spiro atoms. The summed E-state index contributed by atoms with van der Waals surface area (Å²) in [6.07, 6.45) is 8.17. The van der Waals surface area contributed by atoms with E-state index in [2.05, 4.69) is 34.9 Å². The molecule has 0 aliphatic heterocycles. The van der Waals surface area contributed by atoms with Crippen LogP contribution in [0.15, 0.2) is 108 Å². The van der Waals surface area contributed by atoms with E-state index in [1.165, 1.54) is 59.7 Å². The van der Waals surface area contributed by atoms with Crippen LogP contribution in [-0.2, 0) is 22.4 Å². The SMILES string of the molecule is N#C/C(=C\c1ccc(O)c(O)c1)C(=O)NCCCCc1ccccc1.N#C/C(=C\c1ccc(O)c(O)c1)C(=O)NCCCCc1ccccc1. The monoisotopic (exact) mass is 672 g/mol. The van der Waals surface area contributed by atoms with Crippen molar-refractivity contribution in [3.63, 3.8) is 0 Å². The van der Waals surface area contributed by atoms with Crippen molar-refractivity contribution in [2.75, 3.05) is 13.1 Å². The van der Waals surface area contributed by atoms with Crippen LogP contribution < -0.4 is 10.6 Å². The molecule has 0 heterocycles. The normalized spacial score (nSPS) is 10.9. The lowest BCUT2D eigenvalue weighted by atomic mass is 10.1. The third-order valence-electron chi connectivity index (χ3n) is 7.39. The number of rotatable bonds is 14. The van der Waals surface area contributed by atoms with Gasteiger partial charge in [-0.15, -0.1) is 0 Å². The van der Waals surface area contributed by atoms with Crippen molar-refractivity contribution in [3.05, 3.63) is 130 Å². The molecule has 10 heteroatoms. The van der Waals surface area contributed by atoms with Crippen LogP contribution in [0.1, 0.15) is 47.9 Å². The molecule has 50 heavy (non-hydrogen) atoms. The summed E-state index contributed by atoms with van der Waals surface area (Å²) in [6.45, 7) is 0.983. The number of carbonyl (C=O) groups is 2. The van der Waals surface area contributed by atoms with Gasteiger partial charge in [-0.3, -0.25) is 9.59 Å². The van der Waals surface area contributed by atoms with Gasteiger partial charge in [0.15, 0.2) is 23.0 Å². The van der Waals surface area contributed by atoms with E-state index in [4.69, 9.17) is 10.5 Å². The Morgan fingerprint density at radius 2 is 0.920 bits per heavy atom. The van der Waals surface area contributed by atoms with Gasteiger partial charge in [-0.1, -0.05) is 72.8 Å². The second-order valence-electron chi connectivity index (χ2n) is 11.2. The number of carbonyl (C=O) groups excluding carboxylic acids is 2. The molecule has 0 bridgehead atoms. The van der Waals surface area contributed by atoms with Gasteiger partial charge in [-0.25, -0.2) is 0 Å². The third-order valence-corrected chi connectivity index (χ3v) is 7.39. The molecule has 0 fully saturated rings. The number of phenolic OH excluding ortho intramolecular Hbond substituents is 4. The highest BCUT2D eigenvalue weighted by molar-refractivity contribution is 6.02. The second-order valence-corrected chi connectivity index (χ2v) is 11.2. The van der Waals surface area contributed by atoms with Crippen LogP contribution in [0.3, 0.4) is 0 Å². The van der Waals surface area contributed by atoms with Crippen molar-refractivity contribution in [1.82, 2.24) is 10.6 Å². The summed E-state index contributed by atoms with van der Waals surface area (Å²) in [4.78, 5) is 24.1. The average Bonchev–Trinajstić information content (AvgIpc) is 3.13. The quantitative estimate of drug-likeness (QED) is 0.0390. The van der Waals surface area contributed by atoms with Crippen molar-refractivity contribution >= 4 is 24.0 Å². The predicted molar refractivity (Wildman–Crippen MR) is 192 cm³/mol. The molecule has 4 aromatic rings. The van der Waals surface area contributed by atoms with E-state index in [0.29, 0.717) is 24.2 Å². The largest absolute Gasteiger partial charge is 0.504 e. The van der Waals surface area contributed by atoms with Gasteiger partial charge in [0.25, 0.3) is 11.8 Å². The number of hydrogen-bond donors (Lipinski definition) is 6. The van der Waals surface area contributed by atoms with E-state index in [0.717, 1.165) is 38.5 Å². The molecule has 0 saturated carbocycles. The summed E-state index contributed by atoms with van der Waals surface area (Å²) in [5.41, 5.74) is 3.36. The molecule has 0 atom stereocenters. The lowest BCUT2D eigenvalue weighted by Gasteiger charge is -2.05. The van der Waals surface area contributed by atoms with Crippen molar-refractivity contribution in [2.24, 2.45) is 0 Å². The van der Waals surface area contributed by atoms with Crippen LogP contribution in [0, 0.1) is 22.7 Å². The fourth-order valence-corrected chi connectivity index (χ4v) is 4.68. The highest BCUT2D eigenvalue weighted by Gasteiger charge is 2.10. The van der Waals surface area contributed by atoms with Crippen LogP contribution in [0.4, 0.5) is 0 Å². The van der Waals surface area contributed by atoms with Gasteiger partial charge in [-0.05, 0) is 97.2 Å². The maximum atomic E-state index is 12.0. The molecule has 256 valence electrons. The molecule has 10 nitrogen and oxygen atoms in total. The van der Waals surface area contributed by atoms with Crippen LogP contribution >= 0.6 is 0 Å². The molecule has 0 saturated heterocycles. The molecule has 4 rings (SSSR count). The minimum atomic E-state index is -0.449. The predicted octanol–water partition coefficient (Wildman–Crippen LogP) is 6.29. The number of aryl methyl sites for hydroxylation is 2. The Morgan fingerprint density at radius 1 is 0.540 bits per heavy atom. The first-order chi connectivity index (χ1) is 24.2. The highest BCUT2D eigenvalue weighted by Crippen LogP contribution is 2.27. The summed E-state index contributed by atoms with van der Waals surface area (Å²) in [7, 11) is 0. The number of nitrogens with zero attached hydrogens (tertiary/aromatic N) is 2. The fourth-order valence-electron chi connectivity index (χ4n) is 4.68. The molecular weight excluding hydrogens is 632 g/mol. The minimum absolute atomic E-state index is 0.0480.